The highest BCUT2D eigenvalue weighted by molar-refractivity contribution is 5.49. The quantitative estimate of drug-likeness (QED) is 0.697. The van der Waals surface area contributed by atoms with Crippen LogP contribution in [0.15, 0.2) is 18.7 Å². The smallest absolute Gasteiger partial charge is 0.134 e. The van der Waals surface area contributed by atoms with Crippen molar-refractivity contribution in [1.29, 1.82) is 0 Å². The van der Waals surface area contributed by atoms with E-state index in [4.69, 9.17) is 5.11 Å². The maximum absolute atomic E-state index is 8.80. The van der Waals surface area contributed by atoms with E-state index in [0.717, 1.165) is 30.4 Å². The van der Waals surface area contributed by atoms with Crippen molar-refractivity contribution in [3.63, 3.8) is 0 Å². The lowest BCUT2D eigenvalue weighted by Gasteiger charge is -2.18. The molecule has 1 aromatic rings. The number of nitrogens with zero attached hydrogens (tertiary/aromatic N) is 3. The van der Waals surface area contributed by atoms with Gasteiger partial charge in [0, 0.05) is 32.8 Å². The van der Waals surface area contributed by atoms with E-state index in [9.17, 15) is 0 Å². The molecule has 0 bridgehead atoms. The topological polar surface area (TPSA) is 61.3 Å². The first-order chi connectivity index (χ1) is 8.17. The van der Waals surface area contributed by atoms with Gasteiger partial charge in [-0.05, 0) is 13.3 Å². The molecule has 1 heterocycles. The Morgan fingerprint density at radius 2 is 2.29 bits per heavy atom. The number of hydrogen-bond donors (Lipinski definition) is 2. The molecule has 0 aliphatic rings. The highest BCUT2D eigenvalue weighted by Crippen LogP contribution is 2.14. The lowest BCUT2D eigenvalue weighted by atomic mass is 10.4. The van der Waals surface area contributed by atoms with E-state index in [0.29, 0.717) is 6.54 Å². The van der Waals surface area contributed by atoms with E-state index in [-0.39, 0.29) is 6.61 Å². The van der Waals surface area contributed by atoms with Gasteiger partial charge >= 0.3 is 0 Å². The molecular weight excluding hydrogens is 216 g/mol. The van der Waals surface area contributed by atoms with Crippen LogP contribution in [0, 0.1) is 6.92 Å². The van der Waals surface area contributed by atoms with Crippen molar-refractivity contribution in [1.82, 2.24) is 9.97 Å². The maximum Gasteiger partial charge on any atom is 0.134 e. The van der Waals surface area contributed by atoms with Crippen molar-refractivity contribution in [2.75, 3.05) is 37.0 Å². The Hall–Kier alpha value is -1.62. The van der Waals surface area contributed by atoms with Crippen molar-refractivity contribution < 1.29 is 5.11 Å². The normalized spacial score (nSPS) is 10.1. The SMILES string of the molecule is C=CCNc1cc(N(C)CCCO)nc(C)n1. The molecule has 1 rings (SSSR count). The van der Waals surface area contributed by atoms with Gasteiger partial charge in [-0.3, -0.25) is 0 Å². The van der Waals surface area contributed by atoms with Crippen molar-refractivity contribution in [3.8, 4) is 0 Å². The number of aryl methyl sites for hydroxylation is 1. The number of aliphatic hydroxyl groups is 1. The van der Waals surface area contributed by atoms with Crippen LogP contribution in [-0.4, -0.2) is 41.8 Å². The Kier molecular flexibility index (Phi) is 5.42. The third kappa shape index (κ3) is 4.40. The van der Waals surface area contributed by atoms with Crippen LogP contribution in [0.5, 0.6) is 0 Å². The molecule has 5 nitrogen and oxygen atoms in total. The van der Waals surface area contributed by atoms with Crippen LogP contribution >= 0.6 is 0 Å². The summed E-state index contributed by atoms with van der Waals surface area (Å²) in [5.74, 6) is 2.38. The molecule has 0 radical (unpaired) electrons. The van der Waals surface area contributed by atoms with Crippen molar-refractivity contribution in [2.24, 2.45) is 0 Å². The largest absolute Gasteiger partial charge is 0.396 e. The van der Waals surface area contributed by atoms with Gasteiger partial charge in [0.2, 0.25) is 0 Å². The molecule has 0 saturated heterocycles. The Bertz CT molecular complexity index is 368. The Morgan fingerprint density at radius 3 is 2.94 bits per heavy atom. The minimum atomic E-state index is 0.190. The molecule has 0 spiro atoms. The van der Waals surface area contributed by atoms with E-state index < -0.39 is 0 Å². The van der Waals surface area contributed by atoms with E-state index in [2.05, 4.69) is 21.9 Å². The monoisotopic (exact) mass is 236 g/mol. The summed E-state index contributed by atoms with van der Waals surface area (Å²) in [5, 5.41) is 11.9. The predicted octanol–water partition coefficient (Wildman–Crippen LogP) is 1.20. The predicted molar refractivity (Wildman–Crippen MR) is 70.4 cm³/mol. The second-order valence-electron chi connectivity index (χ2n) is 3.83. The zero-order valence-electron chi connectivity index (χ0n) is 10.5. The molecule has 0 fully saturated rings. The summed E-state index contributed by atoms with van der Waals surface area (Å²) in [7, 11) is 1.95. The zero-order valence-corrected chi connectivity index (χ0v) is 10.5. The summed E-state index contributed by atoms with van der Waals surface area (Å²) in [6.45, 7) is 7.15. The van der Waals surface area contributed by atoms with Crippen LogP contribution in [0.25, 0.3) is 0 Å². The summed E-state index contributed by atoms with van der Waals surface area (Å²) in [4.78, 5) is 10.7. The van der Waals surface area contributed by atoms with E-state index >= 15 is 0 Å². The Balaban J connectivity index is 2.76. The van der Waals surface area contributed by atoms with Gasteiger partial charge in [-0.15, -0.1) is 6.58 Å². The van der Waals surface area contributed by atoms with Crippen molar-refractivity contribution >= 4 is 11.6 Å². The Labute approximate surface area is 102 Å². The first-order valence-corrected chi connectivity index (χ1v) is 5.70. The van der Waals surface area contributed by atoms with Crippen LogP contribution in [0.3, 0.4) is 0 Å². The number of rotatable bonds is 7. The number of aromatic nitrogens is 2. The molecule has 1 aromatic heterocycles. The van der Waals surface area contributed by atoms with Gasteiger partial charge in [-0.2, -0.15) is 0 Å². The fourth-order valence-corrected chi connectivity index (χ4v) is 1.44. The highest BCUT2D eigenvalue weighted by Gasteiger charge is 2.05. The van der Waals surface area contributed by atoms with E-state index in [1.807, 2.05) is 24.9 Å². The van der Waals surface area contributed by atoms with Gasteiger partial charge in [-0.25, -0.2) is 9.97 Å². The van der Waals surface area contributed by atoms with Crippen LogP contribution in [0.2, 0.25) is 0 Å². The summed E-state index contributed by atoms with van der Waals surface area (Å²) in [6.07, 6.45) is 2.52. The van der Waals surface area contributed by atoms with Gasteiger partial charge in [0.25, 0.3) is 0 Å². The van der Waals surface area contributed by atoms with Crippen molar-refractivity contribution in [3.05, 3.63) is 24.5 Å². The summed E-state index contributed by atoms with van der Waals surface area (Å²) in [6, 6.07) is 1.90. The summed E-state index contributed by atoms with van der Waals surface area (Å²) in [5.41, 5.74) is 0. The third-order valence-electron chi connectivity index (χ3n) is 2.29. The first kappa shape index (κ1) is 13.4. The maximum atomic E-state index is 8.80. The average molecular weight is 236 g/mol. The zero-order chi connectivity index (χ0) is 12.7. The molecule has 0 atom stereocenters. The van der Waals surface area contributed by atoms with Crippen LogP contribution in [0.1, 0.15) is 12.2 Å². The molecule has 0 aromatic carbocycles. The lowest BCUT2D eigenvalue weighted by molar-refractivity contribution is 0.290. The number of nitrogens with one attached hydrogen (secondary N) is 1. The third-order valence-corrected chi connectivity index (χ3v) is 2.29. The first-order valence-electron chi connectivity index (χ1n) is 5.70. The molecule has 17 heavy (non-hydrogen) atoms. The van der Waals surface area contributed by atoms with Gasteiger partial charge in [-0.1, -0.05) is 6.08 Å². The fourth-order valence-electron chi connectivity index (χ4n) is 1.44. The molecule has 5 heteroatoms. The highest BCUT2D eigenvalue weighted by atomic mass is 16.3. The van der Waals surface area contributed by atoms with Crippen LogP contribution in [-0.2, 0) is 0 Å². The molecule has 2 N–H and O–H groups in total. The van der Waals surface area contributed by atoms with Crippen molar-refractivity contribution in [2.45, 2.75) is 13.3 Å². The van der Waals surface area contributed by atoms with Gasteiger partial charge < -0.3 is 15.3 Å². The molecule has 94 valence electrons. The van der Waals surface area contributed by atoms with Gasteiger partial charge in [0.15, 0.2) is 0 Å². The molecule has 0 amide bonds. The lowest BCUT2D eigenvalue weighted by Crippen LogP contribution is -2.21. The molecule has 0 unspecified atom stereocenters. The summed E-state index contributed by atoms with van der Waals surface area (Å²) < 4.78 is 0. The minimum Gasteiger partial charge on any atom is -0.396 e. The second-order valence-corrected chi connectivity index (χ2v) is 3.83. The number of hydrogen-bond acceptors (Lipinski definition) is 5. The molecule has 0 aliphatic heterocycles. The minimum absolute atomic E-state index is 0.190. The van der Waals surface area contributed by atoms with E-state index in [1.165, 1.54) is 0 Å². The molecule has 0 saturated carbocycles. The standard InChI is InChI=1S/C12H20N4O/c1-4-6-13-11-9-12(15-10(2)14-11)16(3)7-5-8-17/h4,9,17H,1,5-8H2,2-3H3,(H,13,14,15). The molecular formula is C12H20N4O. The van der Waals surface area contributed by atoms with Crippen LogP contribution in [0.4, 0.5) is 11.6 Å². The average Bonchev–Trinajstić information content (AvgIpc) is 2.32. The number of aliphatic hydroxyl groups excluding tert-OH is 1. The Morgan fingerprint density at radius 1 is 1.53 bits per heavy atom. The van der Waals surface area contributed by atoms with Gasteiger partial charge in [0.05, 0.1) is 0 Å². The summed E-state index contributed by atoms with van der Waals surface area (Å²) >= 11 is 0. The van der Waals surface area contributed by atoms with Gasteiger partial charge in [0.1, 0.15) is 17.5 Å². The second kappa shape index (κ2) is 6.85. The van der Waals surface area contributed by atoms with E-state index in [1.54, 1.807) is 6.08 Å². The van der Waals surface area contributed by atoms with Crippen LogP contribution < -0.4 is 10.2 Å². The fraction of sp³-hybridized carbons (Fsp3) is 0.500. The molecule has 0 aliphatic carbocycles. The number of anilines is 2.